The number of benzene rings is 1. The zero-order chi connectivity index (χ0) is 14.9. The van der Waals surface area contributed by atoms with Crippen LogP contribution >= 0.6 is 0 Å². The lowest BCUT2D eigenvalue weighted by molar-refractivity contribution is -0.140. The van der Waals surface area contributed by atoms with Crippen LogP contribution in [0.3, 0.4) is 0 Å². The summed E-state index contributed by atoms with van der Waals surface area (Å²) in [6.07, 6.45) is -4.77. The van der Waals surface area contributed by atoms with Crippen molar-refractivity contribution in [2.24, 2.45) is 0 Å². The van der Waals surface area contributed by atoms with Crippen LogP contribution in [0.1, 0.15) is 23.6 Å². The van der Waals surface area contributed by atoms with Crippen LogP contribution in [0.15, 0.2) is 24.3 Å². The summed E-state index contributed by atoms with van der Waals surface area (Å²) in [6.45, 7) is -0.567. The lowest BCUT2D eigenvalue weighted by Gasteiger charge is -2.24. The molecule has 5 nitrogen and oxygen atoms in total. The molecule has 1 unspecified atom stereocenters. The molecule has 1 aliphatic rings. The SMILES string of the molecule is O=C(O)CN1NC(=O)CC1c1ccccc1C(F)(F)F. The Morgan fingerprint density at radius 1 is 1.40 bits per heavy atom. The minimum Gasteiger partial charge on any atom is -0.480 e. The van der Waals surface area contributed by atoms with Gasteiger partial charge in [-0.2, -0.15) is 13.2 Å². The Morgan fingerprint density at radius 2 is 2.05 bits per heavy atom. The number of amides is 1. The summed E-state index contributed by atoms with van der Waals surface area (Å²) in [7, 11) is 0. The predicted octanol–water partition coefficient (Wildman–Crippen LogP) is 1.57. The summed E-state index contributed by atoms with van der Waals surface area (Å²) in [5.41, 5.74) is 1.28. The van der Waals surface area contributed by atoms with Gasteiger partial charge >= 0.3 is 12.1 Å². The number of hydrogen-bond donors (Lipinski definition) is 2. The second-order valence-corrected chi connectivity index (χ2v) is 4.36. The van der Waals surface area contributed by atoms with Gasteiger partial charge in [0.05, 0.1) is 11.6 Å². The zero-order valence-corrected chi connectivity index (χ0v) is 10.1. The van der Waals surface area contributed by atoms with Crippen molar-refractivity contribution in [2.45, 2.75) is 18.6 Å². The largest absolute Gasteiger partial charge is 0.480 e. The van der Waals surface area contributed by atoms with Gasteiger partial charge in [0.1, 0.15) is 6.54 Å². The van der Waals surface area contributed by atoms with E-state index in [4.69, 9.17) is 5.11 Å². The molecule has 20 heavy (non-hydrogen) atoms. The van der Waals surface area contributed by atoms with E-state index in [2.05, 4.69) is 5.43 Å². The zero-order valence-electron chi connectivity index (χ0n) is 10.1. The van der Waals surface area contributed by atoms with Gasteiger partial charge in [-0.15, -0.1) is 0 Å². The van der Waals surface area contributed by atoms with Crippen molar-refractivity contribution in [3.63, 3.8) is 0 Å². The van der Waals surface area contributed by atoms with E-state index in [1.54, 1.807) is 0 Å². The van der Waals surface area contributed by atoms with Gasteiger partial charge in [0.2, 0.25) is 5.91 Å². The number of nitrogens with zero attached hydrogens (tertiary/aromatic N) is 1. The topological polar surface area (TPSA) is 69.6 Å². The molecule has 1 aromatic carbocycles. The van der Waals surface area contributed by atoms with Gasteiger partial charge < -0.3 is 5.11 Å². The number of nitrogens with one attached hydrogen (secondary N) is 1. The first-order valence-corrected chi connectivity index (χ1v) is 5.73. The summed E-state index contributed by atoms with van der Waals surface area (Å²) in [6, 6.07) is 3.89. The van der Waals surface area contributed by atoms with E-state index in [9.17, 15) is 22.8 Å². The molecule has 1 fully saturated rings. The molecule has 0 spiro atoms. The molecular formula is C12H11F3N2O3. The van der Waals surface area contributed by atoms with E-state index in [0.29, 0.717) is 0 Å². The Labute approximate surface area is 112 Å². The maximum atomic E-state index is 12.9. The molecule has 0 aliphatic carbocycles. The Morgan fingerprint density at radius 3 is 2.65 bits per heavy atom. The fraction of sp³-hybridized carbons (Fsp3) is 0.333. The maximum Gasteiger partial charge on any atom is 0.416 e. The fourth-order valence-corrected chi connectivity index (χ4v) is 2.19. The lowest BCUT2D eigenvalue weighted by atomic mass is 9.98. The number of carboxylic acids is 1. The van der Waals surface area contributed by atoms with Crippen LogP contribution in [0.4, 0.5) is 13.2 Å². The third-order valence-electron chi connectivity index (χ3n) is 2.95. The number of carbonyl (C=O) groups excluding carboxylic acids is 1. The van der Waals surface area contributed by atoms with Crippen molar-refractivity contribution in [1.82, 2.24) is 10.4 Å². The molecule has 1 atom stereocenters. The first-order chi connectivity index (χ1) is 9.29. The molecule has 0 aromatic heterocycles. The molecule has 2 rings (SSSR count). The van der Waals surface area contributed by atoms with Crippen LogP contribution < -0.4 is 5.43 Å². The molecule has 108 valence electrons. The number of aliphatic carboxylic acids is 1. The van der Waals surface area contributed by atoms with Crippen LogP contribution in [0.5, 0.6) is 0 Å². The number of alkyl halides is 3. The summed E-state index contributed by atoms with van der Waals surface area (Å²) in [4.78, 5) is 22.1. The summed E-state index contributed by atoms with van der Waals surface area (Å²) >= 11 is 0. The number of rotatable bonds is 3. The van der Waals surface area contributed by atoms with Crippen molar-refractivity contribution < 1.29 is 27.9 Å². The predicted molar refractivity (Wildman–Crippen MR) is 61.3 cm³/mol. The van der Waals surface area contributed by atoms with Crippen LogP contribution in [0, 0.1) is 0 Å². The summed E-state index contributed by atoms with van der Waals surface area (Å²) < 4.78 is 38.8. The summed E-state index contributed by atoms with van der Waals surface area (Å²) in [5, 5.41) is 9.75. The van der Waals surface area contributed by atoms with Crippen LogP contribution in [-0.2, 0) is 15.8 Å². The second-order valence-electron chi connectivity index (χ2n) is 4.36. The molecule has 0 bridgehead atoms. The molecule has 1 saturated heterocycles. The minimum atomic E-state index is -4.56. The number of hydrazine groups is 1. The summed E-state index contributed by atoms with van der Waals surface area (Å²) in [5.74, 6) is -1.74. The highest BCUT2D eigenvalue weighted by molar-refractivity contribution is 5.79. The average Bonchev–Trinajstić information content (AvgIpc) is 2.68. The van der Waals surface area contributed by atoms with Crippen LogP contribution in [0.25, 0.3) is 0 Å². The Hall–Kier alpha value is -2.09. The van der Waals surface area contributed by atoms with Crippen LogP contribution in [0.2, 0.25) is 0 Å². The van der Waals surface area contributed by atoms with Crippen molar-refractivity contribution in [3.05, 3.63) is 35.4 Å². The maximum absolute atomic E-state index is 12.9. The number of carbonyl (C=O) groups is 2. The second kappa shape index (κ2) is 5.12. The van der Waals surface area contributed by atoms with Gasteiger partial charge in [-0.1, -0.05) is 18.2 Å². The third-order valence-corrected chi connectivity index (χ3v) is 2.95. The quantitative estimate of drug-likeness (QED) is 0.885. The Balaban J connectivity index is 2.39. The standard InChI is InChI=1S/C12H11F3N2O3/c13-12(14,15)8-4-2-1-3-7(8)9-5-10(18)16-17(9)6-11(19)20/h1-4,9H,5-6H2,(H,16,18)(H,19,20). The van der Waals surface area contributed by atoms with Crippen molar-refractivity contribution >= 4 is 11.9 Å². The van der Waals surface area contributed by atoms with Crippen molar-refractivity contribution in [3.8, 4) is 0 Å². The molecule has 1 amide bonds. The first kappa shape index (κ1) is 14.3. The van der Waals surface area contributed by atoms with Gasteiger partial charge in [-0.25, -0.2) is 5.01 Å². The highest BCUT2D eigenvalue weighted by atomic mass is 19.4. The van der Waals surface area contributed by atoms with E-state index < -0.39 is 36.2 Å². The van der Waals surface area contributed by atoms with Gasteiger partial charge in [-0.3, -0.25) is 15.0 Å². The van der Waals surface area contributed by atoms with Gasteiger partial charge in [0, 0.05) is 6.42 Å². The number of halogens is 3. The first-order valence-electron chi connectivity index (χ1n) is 5.73. The van der Waals surface area contributed by atoms with E-state index in [-0.39, 0.29) is 12.0 Å². The van der Waals surface area contributed by atoms with Crippen molar-refractivity contribution in [2.75, 3.05) is 6.54 Å². The molecule has 0 saturated carbocycles. The highest BCUT2D eigenvalue weighted by Crippen LogP contribution is 2.38. The Kier molecular flexibility index (Phi) is 3.67. The molecular weight excluding hydrogens is 277 g/mol. The van der Waals surface area contributed by atoms with Gasteiger partial charge in [0.15, 0.2) is 0 Å². The lowest BCUT2D eigenvalue weighted by Crippen LogP contribution is -2.39. The van der Waals surface area contributed by atoms with E-state index in [1.807, 2.05) is 0 Å². The van der Waals surface area contributed by atoms with E-state index in [0.717, 1.165) is 11.1 Å². The smallest absolute Gasteiger partial charge is 0.416 e. The fourth-order valence-electron chi connectivity index (χ4n) is 2.19. The van der Waals surface area contributed by atoms with Crippen molar-refractivity contribution in [1.29, 1.82) is 0 Å². The molecule has 1 heterocycles. The van der Waals surface area contributed by atoms with Crippen LogP contribution in [-0.4, -0.2) is 28.5 Å². The van der Waals surface area contributed by atoms with Gasteiger partial charge in [-0.05, 0) is 11.6 Å². The molecule has 0 radical (unpaired) electrons. The normalized spacial score (nSPS) is 19.9. The third kappa shape index (κ3) is 2.90. The molecule has 2 N–H and O–H groups in total. The van der Waals surface area contributed by atoms with E-state index in [1.165, 1.54) is 18.2 Å². The van der Waals surface area contributed by atoms with Gasteiger partial charge in [0.25, 0.3) is 0 Å². The average molecular weight is 288 g/mol. The number of hydrogen-bond acceptors (Lipinski definition) is 3. The minimum absolute atomic E-state index is 0.111. The molecule has 1 aliphatic heterocycles. The highest BCUT2D eigenvalue weighted by Gasteiger charge is 2.40. The molecule has 1 aromatic rings. The monoisotopic (exact) mass is 288 g/mol. The number of carboxylic acid groups (broad SMARTS) is 1. The molecule has 8 heteroatoms. The van der Waals surface area contributed by atoms with E-state index >= 15 is 0 Å². The Bertz CT molecular complexity index is 545.